The first-order valence-electron chi connectivity index (χ1n) is 12.8. The minimum absolute atomic E-state index is 0.0517. The molecule has 6 atom stereocenters. The summed E-state index contributed by atoms with van der Waals surface area (Å²) in [6, 6.07) is 0. The molecule has 6 nitrogen and oxygen atoms in total. The minimum Gasteiger partial charge on any atom is -0.392 e. The van der Waals surface area contributed by atoms with Gasteiger partial charge in [-0.05, 0) is 75.8 Å². The largest absolute Gasteiger partial charge is 0.392 e. The average Bonchev–Trinajstić information content (AvgIpc) is 3.06. The lowest BCUT2D eigenvalue weighted by Gasteiger charge is -2.65. The summed E-state index contributed by atoms with van der Waals surface area (Å²) in [5.74, 6) is 1.08. The third-order valence-corrected chi connectivity index (χ3v) is 10.7. The topological polar surface area (TPSA) is 88.0 Å². The van der Waals surface area contributed by atoms with Gasteiger partial charge in [-0.2, -0.15) is 0 Å². The zero-order chi connectivity index (χ0) is 22.9. The Morgan fingerprint density at radius 2 is 1.66 bits per heavy atom. The summed E-state index contributed by atoms with van der Waals surface area (Å²) in [5, 5.41) is 20.2. The van der Waals surface area contributed by atoms with Gasteiger partial charge in [-0.15, -0.1) is 0 Å². The highest BCUT2D eigenvalue weighted by molar-refractivity contribution is 6.02. The van der Waals surface area contributed by atoms with Gasteiger partial charge in [-0.25, -0.2) is 0 Å². The fourth-order valence-corrected chi connectivity index (χ4v) is 8.61. The van der Waals surface area contributed by atoms with Gasteiger partial charge in [0.15, 0.2) is 5.78 Å². The van der Waals surface area contributed by atoms with Gasteiger partial charge in [-0.3, -0.25) is 9.59 Å². The number of Topliss-reactive ketones (excluding diaryl/α,β-unsaturated/α-hetero) is 2. The van der Waals surface area contributed by atoms with Crippen molar-refractivity contribution in [1.29, 1.82) is 0 Å². The third kappa shape index (κ3) is 2.81. The molecular formula is C26H40N2O4. The number of hydrogen-bond donors (Lipinski definition) is 2. The fourth-order valence-electron chi connectivity index (χ4n) is 8.61. The maximum absolute atomic E-state index is 13.8. The third-order valence-electron chi connectivity index (χ3n) is 10.7. The van der Waals surface area contributed by atoms with Crippen LogP contribution in [0.3, 0.4) is 0 Å². The summed E-state index contributed by atoms with van der Waals surface area (Å²) in [5.41, 5.74) is -2.18. The van der Waals surface area contributed by atoms with E-state index in [1.165, 1.54) is 0 Å². The van der Waals surface area contributed by atoms with Crippen LogP contribution in [0.5, 0.6) is 0 Å². The van der Waals surface area contributed by atoms with Crippen molar-refractivity contribution in [2.75, 3.05) is 13.1 Å². The standard InChI is InChI=1S/C26H40N2O4/c1-23(2)20(28-32-16-9-13-27-14-10-16)8-12-25(4)19-7-11-24(3)18(5-6-21(24)29)17(19)15-22(30)26(23,25)31/h16-19,27,31H,5-15H2,1-4H3/b28-20+/t17-,18-,19-,24-,25+,26+/m0/s1. The molecule has 5 aliphatic rings. The molecule has 1 heterocycles. The molecule has 2 N–H and O–H groups in total. The van der Waals surface area contributed by atoms with Crippen LogP contribution in [0, 0.1) is 34.0 Å². The van der Waals surface area contributed by atoms with E-state index in [2.05, 4.69) is 24.3 Å². The van der Waals surface area contributed by atoms with Crippen molar-refractivity contribution in [3.05, 3.63) is 0 Å². The summed E-state index contributed by atoms with van der Waals surface area (Å²) in [4.78, 5) is 32.4. The van der Waals surface area contributed by atoms with Gasteiger partial charge >= 0.3 is 0 Å². The maximum Gasteiger partial charge on any atom is 0.166 e. The van der Waals surface area contributed by atoms with Gasteiger partial charge < -0.3 is 15.3 Å². The first kappa shape index (κ1) is 22.5. The summed E-state index contributed by atoms with van der Waals surface area (Å²) < 4.78 is 0. The van der Waals surface area contributed by atoms with Crippen LogP contribution < -0.4 is 5.32 Å². The highest BCUT2D eigenvalue weighted by atomic mass is 16.6. The van der Waals surface area contributed by atoms with Crippen molar-refractivity contribution in [2.45, 2.75) is 97.2 Å². The van der Waals surface area contributed by atoms with Crippen LogP contribution in [-0.4, -0.2) is 47.2 Å². The van der Waals surface area contributed by atoms with Crippen molar-refractivity contribution < 1.29 is 19.5 Å². The second kappa shape index (κ2) is 7.36. The molecular weight excluding hydrogens is 404 g/mol. The van der Waals surface area contributed by atoms with Gasteiger partial charge in [0.1, 0.15) is 17.5 Å². The zero-order valence-corrected chi connectivity index (χ0v) is 20.2. The van der Waals surface area contributed by atoms with Crippen molar-refractivity contribution >= 4 is 17.3 Å². The normalized spacial score (nSPS) is 47.7. The van der Waals surface area contributed by atoms with Crippen LogP contribution in [0.2, 0.25) is 0 Å². The highest BCUT2D eigenvalue weighted by Gasteiger charge is 2.72. The van der Waals surface area contributed by atoms with E-state index >= 15 is 0 Å². The molecule has 1 aliphatic heterocycles. The lowest BCUT2D eigenvalue weighted by atomic mass is 9.39. The molecule has 0 aromatic carbocycles. The van der Waals surface area contributed by atoms with E-state index in [1.807, 2.05) is 13.8 Å². The van der Waals surface area contributed by atoms with Crippen LogP contribution in [0.4, 0.5) is 0 Å². The number of oxime groups is 1. The van der Waals surface area contributed by atoms with Crippen molar-refractivity contribution in [1.82, 2.24) is 5.32 Å². The number of carbonyl (C=O) groups excluding carboxylic acids is 2. The molecule has 0 spiro atoms. The quantitative estimate of drug-likeness (QED) is 0.635. The van der Waals surface area contributed by atoms with Crippen LogP contribution in [0.25, 0.3) is 0 Å². The monoisotopic (exact) mass is 444 g/mol. The molecule has 178 valence electrons. The molecule has 0 aromatic heterocycles. The Bertz CT molecular complexity index is 847. The second-order valence-corrected chi connectivity index (χ2v) is 12.3. The number of nitrogens with one attached hydrogen (secondary N) is 1. The van der Waals surface area contributed by atoms with Gasteiger partial charge in [0, 0.05) is 29.1 Å². The van der Waals surface area contributed by atoms with Gasteiger partial charge in [-0.1, -0.05) is 32.9 Å². The molecule has 32 heavy (non-hydrogen) atoms. The molecule has 0 aromatic rings. The number of nitrogens with zero attached hydrogens (tertiary/aromatic N) is 1. The molecule has 0 bridgehead atoms. The van der Waals surface area contributed by atoms with E-state index in [9.17, 15) is 14.7 Å². The van der Waals surface area contributed by atoms with Crippen LogP contribution in [0.15, 0.2) is 5.16 Å². The van der Waals surface area contributed by atoms with Crippen LogP contribution in [-0.2, 0) is 14.4 Å². The zero-order valence-electron chi connectivity index (χ0n) is 20.2. The Morgan fingerprint density at radius 3 is 2.38 bits per heavy atom. The van der Waals surface area contributed by atoms with E-state index in [4.69, 9.17) is 4.84 Å². The predicted molar refractivity (Wildman–Crippen MR) is 122 cm³/mol. The minimum atomic E-state index is -1.45. The van der Waals surface area contributed by atoms with E-state index in [0.29, 0.717) is 18.6 Å². The molecule has 4 aliphatic carbocycles. The number of ketones is 2. The summed E-state index contributed by atoms with van der Waals surface area (Å²) in [6.45, 7) is 10.1. The summed E-state index contributed by atoms with van der Waals surface area (Å²) in [6.07, 6.45) is 7.19. The summed E-state index contributed by atoms with van der Waals surface area (Å²) >= 11 is 0. The molecule has 4 saturated carbocycles. The number of piperidine rings is 1. The van der Waals surface area contributed by atoms with Crippen molar-refractivity contribution in [3.63, 3.8) is 0 Å². The van der Waals surface area contributed by atoms with Gasteiger partial charge in [0.2, 0.25) is 0 Å². The van der Waals surface area contributed by atoms with Crippen LogP contribution >= 0.6 is 0 Å². The lowest BCUT2D eigenvalue weighted by Crippen LogP contribution is -2.73. The molecule has 1 saturated heterocycles. The lowest BCUT2D eigenvalue weighted by molar-refractivity contribution is -0.217. The Morgan fingerprint density at radius 1 is 0.938 bits per heavy atom. The summed E-state index contributed by atoms with van der Waals surface area (Å²) in [7, 11) is 0. The number of hydrogen-bond acceptors (Lipinski definition) is 6. The fraction of sp³-hybridized carbons (Fsp3) is 0.885. The van der Waals surface area contributed by atoms with E-state index in [-0.39, 0.29) is 35.1 Å². The van der Waals surface area contributed by atoms with E-state index in [0.717, 1.165) is 63.7 Å². The van der Waals surface area contributed by atoms with Gasteiger partial charge in [0.25, 0.3) is 0 Å². The van der Waals surface area contributed by atoms with E-state index in [1.54, 1.807) is 0 Å². The molecule has 5 fully saturated rings. The first-order valence-corrected chi connectivity index (χ1v) is 12.8. The SMILES string of the molecule is CC1(C)/C(=N/OC2CCNCC2)CC[C@]2(C)[C@H]3CC[C@]4(C)C(=O)CC[C@H]4[C@@H]3CC(=O)[C@@]12O. The molecule has 0 unspecified atom stereocenters. The Labute approximate surface area is 191 Å². The smallest absolute Gasteiger partial charge is 0.166 e. The maximum atomic E-state index is 13.8. The number of aliphatic hydroxyl groups is 1. The predicted octanol–water partition coefficient (Wildman–Crippen LogP) is 3.65. The van der Waals surface area contributed by atoms with Crippen molar-refractivity contribution in [2.24, 2.45) is 39.2 Å². The number of fused-ring (bicyclic) bond motifs is 5. The average molecular weight is 445 g/mol. The van der Waals surface area contributed by atoms with Crippen LogP contribution in [0.1, 0.15) is 85.5 Å². The molecule has 0 radical (unpaired) electrons. The van der Waals surface area contributed by atoms with E-state index < -0.39 is 16.4 Å². The highest BCUT2D eigenvalue weighted by Crippen LogP contribution is 2.68. The van der Waals surface area contributed by atoms with Gasteiger partial charge in [0.05, 0.1) is 5.71 Å². The Hall–Kier alpha value is -1.27. The Kier molecular flexibility index (Phi) is 5.18. The molecule has 5 rings (SSSR count). The van der Waals surface area contributed by atoms with Crippen molar-refractivity contribution in [3.8, 4) is 0 Å². The number of carbonyl (C=O) groups is 2. The number of rotatable bonds is 2. The second-order valence-electron chi connectivity index (χ2n) is 12.3. The Balaban J connectivity index is 1.46. The molecule has 6 heteroatoms. The molecule has 0 amide bonds. The first-order chi connectivity index (χ1) is 15.1.